The highest BCUT2D eigenvalue weighted by molar-refractivity contribution is 5.73. The van der Waals surface area contributed by atoms with Gasteiger partial charge in [0.15, 0.2) is 0 Å². The Labute approximate surface area is 271 Å². The second-order valence-electron chi connectivity index (χ2n) is 9.32. The molecule has 0 amide bonds. The molecular weight excluding hydrogens is 545 g/mol. The van der Waals surface area contributed by atoms with Gasteiger partial charge in [0, 0.05) is 17.6 Å². The first kappa shape index (κ1) is 44.9. The first-order chi connectivity index (χ1) is 21.4. The van der Waals surface area contributed by atoms with Crippen molar-refractivity contribution in [1.29, 1.82) is 0 Å². The van der Waals surface area contributed by atoms with Gasteiger partial charge in [-0.05, 0) is 72.4 Å². The first-order valence-corrected chi connectivity index (χ1v) is 16.6. The molecule has 44 heavy (non-hydrogen) atoms. The van der Waals surface area contributed by atoms with Gasteiger partial charge in [0.2, 0.25) is 0 Å². The van der Waals surface area contributed by atoms with E-state index in [-0.39, 0.29) is 30.1 Å². The van der Waals surface area contributed by atoms with Gasteiger partial charge in [-0.25, -0.2) is 0 Å². The molecule has 3 N–H and O–H groups in total. The van der Waals surface area contributed by atoms with Crippen LogP contribution in [-0.4, -0.2) is 22.9 Å². The first-order valence-electron chi connectivity index (χ1n) is 16.6. The largest absolute Gasteiger partial charge is 0.508 e. The fraction of sp³-hybridized carbons (Fsp3) is 0.450. The van der Waals surface area contributed by atoms with E-state index in [0.717, 1.165) is 30.5 Å². The van der Waals surface area contributed by atoms with Crippen LogP contribution in [0.1, 0.15) is 118 Å². The van der Waals surface area contributed by atoms with Crippen LogP contribution >= 0.6 is 0 Å². The lowest BCUT2D eigenvalue weighted by Gasteiger charge is -2.24. The minimum absolute atomic E-state index is 0.140. The Morgan fingerprint density at radius 1 is 0.705 bits per heavy atom. The Morgan fingerprint density at radius 3 is 1.55 bits per heavy atom. The zero-order valence-corrected chi connectivity index (χ0v) is 29.4. The van der Waals surface area contributed by atoms with Gasteiger partial charge in [0.1, 0.15) is 11.5 Å². The topological polar surface area (TPSA) is 52.5 Å². The number of hydrogen-bond donors (Lipinski definition) is 3. The van der Waals surface area contributed by atoms with Crippen LogP contribution in [0, 0.1) is 0 Å². The number of halogens is 1. The maximum atomic E-state index is 10.7. The molecule has 0 aliphatic heterocycles. The molecule has 0 aromatic heterocycles. The van der Waals surface area contributed by atoms with E-state index in [2.05, 4.69) is 82.6 Å². The molecule has 0 bridgehead atoms. The van der Waals surface area contributed by atoms with Gasteiger partial charge in [-0.3, -0.25) is 4.39 Å². The molecule has 248 valence electrons. The van der Waals surface area contributed by atoms with Gasteiger partial charge in [-0.15, -0.1) is 13.2 Å². The van der Waals surface area contributed by atoms with E-state index in [9.17, 15) is 14.6 Å². The zero-order chi connectivity index (χ0) is 34.2. The van der Waals surface area contributed by atoms with E-state index in [4.69, 9.17) is 0 Å². The molecule has 3 aromatic rings. The van der Waals surface area contributed by atoms with Gasteiger partial charge >= 0.3 is 0 Å². The average molecular weight is 610 g/mol. The van der Waals surface area contributed by atoms with Crippen LogP contribution < -0.4 is 5.32 Å². The van der Waals surface area contributed by atoms with Crippen molar-refractivity contribution >= 4 is 11.3 Å². The van der Waals surface area contributed by atoms with E-state index >= 15 is 0 Å². The maximum absolute atomic E-state index is 10.7. The van der Waals surface area contributed by atoms with Gasteiger partial charge in [-0.1, -0.05) is 130 Å². The van der Waals surface area contributed by atoms with E-state index in [1.54, 1.807) is 31.2 Å². The summed E-state index contributed by atoms with van der Waals surface area (Å²) in [5.74, 6) is 0.816. The van der Waals surface area contributed by atoms with Crippen molar-refractivity contribution in [3.05, 3.63) is 109 Å². The fourth-order valence-electron chi connectivity index (χ4n) is 3.79. The molecule has 4 heteroatoms. The molecule has 3 rings (SSSR count). The van der Waals surface area contributed by atoms with Crippen LogP contribution in [-0.2, 0) is 0 Å². The van der Waals surface area contributed by atoms with Gasteiger partial charge in [0.25, 0.3) is 0 Å². The number of phenols is 2. The highest BCUT2D eigenvalue weighted by Gasteiger charge is 2.19. The lowest BCUT2D eigenvalue weighted by molar-refractivity contribution is 0.474. The molecule has 2 unspecified atom stereocenters. The summed E-state index contributed by atoms with van der Waals surface area (Å²) < 4.78 is 10.7. The van der Waals surface area contributed by atoms with Crippen LogP contribution in [0.15, 0.2) is 98.1 Å². The standard InChI is InChI=1S/C27H31NO2.C4H10.C3H7F.2C2H6.C2H4/c1-3-8-26(20-9-6-5-7-10-20)27(21-11-15-24(29)16-12-21)19-22(4-2)28-23-13-17-25(30)18-14-23;1-3-4-2;1-2-3-4;3*1-2/h5-7,9-19,22,26,28-30H,3-4,8H2,1-2H3;3-4H2,1-2H3;2-3H2,1H3;2*1-2H3;1-2H2/b27-19-;;;;;. The molecule has 0 aliphatic rings. The third kappa shape index (κ3) is 20.4. The Morgan fingerprint density at radius 2 is 1.16 bits per heavy atom. The summed E-state index contributed by atoms with van der Waals surface area (Å²) in [4.78, 5) is 0. The Kier molecular flexibility index (Phi) is 33.1. The van der Waals surface area contributed by atoms with Gasteiger partial charge in [-0.2, -0.15) is 0 Å². The summed E-state index contributed by atoms with van der Waals surface area (Å²) in [6.45, 7) is 24.4. The van der Waals surface area contributed by atoms with Crippen LogP contribution in [0.4, 0.5) is 10.1 Å². The van der Waals surface area contributed by atoms with Crippen molar-refractivity contribution in [2.75, 3.05) is 12.0 Å². The van der Waals surface area contributed by atoms with E-state index in [1.165, 1.54) is 24.0 Å². The minimum atomic E-state index is -0.181. The fourth-order valence-corrected chi connectivity index (χ4v) is 3.79. The summed E-state index contributed by atoms with van der Waals surface area (Å²) in [7, 11) is 0. The number of benzene rings is 3. The Bertz CT molecular complexity index is 1010. The number of anilines is 1. The van der Waals surface area contributed by atoms with Crippen LogP contribution in [0.25, 0.3) is 5.57 Å². The number of phenolic OH excluding ortho intramolecular Hbond substituents is 2. The molecule has 0 heterocycles. The molecular formula is C40H64FNO2. The summed E-state index contributed by atoms with van der Waals surface area (Å²) in [6, 6.07) is 25.5. The molecule has 0 saturated heterocycles. The molecule has 3 aromatic carbocycles. The normalized spacial score (nSPS) is 11.0. The predicted octanol–water partition coefficient (Wildman–Crippen LogP) is 13.0. The predicted molar refractivity (Wildman–Crippen MR) is 197 cm³/mol. The van der Waals surface area contributed by atoms with Gasteiger partial charge < -0.3 is 15.5 Å². The van der Waals surface area contributed by atoms with Crippen molar-refractivity contribution < 1.29 is 14.6 Å². The van der Waals surface area contributed by atoms with E-state index in [1.807, 2.05) is 52.0 Å². The summed E-state index contributed by atoms with van der Waals surface area (Å²) in [5.41, 5.74) is 4.67. The lowest BCUT2D eigenvalue weighted by Crippen LogP contribution is -2.17. The summed E-state index contributed by atoms with van der Waals surface area (Å²) >= 11 is 0. The van der Waals surface area contributed by atoms with Gasteiger partial charge in [0.05, 0.1) is 6.67 Å². The second kappa shape index (κ2) is 32.4. The zero-order valence-electron chi connectivity index (χ0n) is 29.4. The molecule has 0 spiro atoms. The number of hydrogen-bond acceptors (Lipinski definition) is 3. The molecule has 0 fully saturated rings. The molecule has 2 atom stereocenters. The Hall–Kier alpha value is -3.53. The molecule has 0 radical (unpaired) electrons. The Balaban J connectivity index is -0.00000103. The molecule has 3 nitrogen and oxygen atoms in total. The van der Waals surface area contributed by atoms with Crippen LogP contribution in [0.3, 0.4) is 0 Å². The van der Waals surface area contributed by atoms with E-state index in [0.29, 0.717) is 6.42 Å². The molecule has 0 aliphatic carbocycles. The van der Waals surface area contributed by atoms with E-state index < -0.39 is 0 Å². The van der Waals surface area contributed by atoms with Crippen molar-refractivity contribution in [2.24, 2.45) is 0 Å². The van der Waals surface area contributed by atoms with Crippen molar-refractivity contribution in [2.45, 2.75) is 113 Å². The van der Waals surface area contributed by atoms with Crippen LogP contribution in [0.5, 0.6) is 11.5 Å². The summed E-state index contributed by atoms with van der Waals surface area (Å²) in [6.07, 6.45) is 8.67. The third-order valence-electron chi connectivity index (χ3n) is 6.08. The minimum Gasteiger partial charge on any atom is -0.508 e. The number of aromatic hydroxyl groups is 2. The second-order valence-corrected chi connectivity index (χ2v) is 9.32. The highest BCUT2D eigenvalue weighted by atomic mass is 19.1. The van der Waals surface area contributed by atoms with Crippen molar-refractivity contribution in [3.63, 3.8) is 0 Å². The van der Waals surface area contributed by atoms with Crippen molar-refractivity contribution in [1.82, 2.24) is 0 Å². The summed E-state index contributed by atoms with van der Waals surface area (Å²) in [5, 5.41) is 22.9. The monoisotopic (exact) mass is 609 g/mol. The number of alkyl halides is 1. The number of nitrogens with one attached hydrogen (secondary N) is 1. The highest BCUT2D eigenvalue weighted by Crippen LogP contribution is 2.37. The van der Waals surface area contributed by atoms with Crippen LogP contribution in [0.2, 0.25) is 0 Å². The quantitative estimate of drug-likeness (QED) is 0.150. The SMILES string of the molecule is C=C.CC.CC.CCCC.CCCC(/C(=C\C(CC)Nc1ccc(O)cc1)c1ccc(O)cc1)c1ccccc1.CCCF. The molecule has 0 saturated carbocycles. The average Bonchev–Trinajstić information content (AvgIpc) is 3.10. The number of allylic oxidation sites excluding steroid dienone is 1. The lowest BCUT2D eigenvalue weighted by atomic mass is 9.82. The maximum Gasteiger partial charge on any atom is 0.115 e. The van der Waals surface area contributed by atoms with Crippen molar-refractivity contribution in [3.8, 4) is 11.5 Å². The smallest absolute Gasteiger partial charge is 0.115 e. The third-order valence-corrected chi connectivity index (χ3v) is 6.08. The number of rotatable bonds is 11. The number of unbranched alkanes of at least 4 members (excludes halogenated alkanes) is 1.